The molecule has 66 valence electrons. The quantitative estimate of drug-likeness (QED) is 0.795. The molecule has 0 aliphatic heterocycles. The van der Waals surface area contributed by atoms with Crippen LogP contribution >= 0.6 is 15.9 Å². The van der Waals surface area contributed by atoms with Gasteiger partial charge in [0.05, 0.1) is 13.7 Å². The molecule has 0 unspecified atom stereocenters. The molecule has 1 aromatic carbocycles. The van der Waals surface area contributed by atoms with Crippen LogP contribution in [0.4, 0.5) is 0 Å². The molecule has 3 heteroatoms. The number of rotatable bonds is 3. The minimum Gasteiger partial charge on any atom is -0.496 e. The summed E-state index contributed by atoms with van der Waals surface area (Å²) in [5.74, 6) is 0.853. The zero-order valence-corrected chi connectivity index (χ0v) is 8.72. The lowest BCUT2D eigenvalue weighted by molar-refractivity contribution is 0.181. The fourth-order valence-corrected chi connectivity index (χ4v) is 1.48. The first-order chi connectivity index (χ1) is 5.79. The summed E-state index contributed by atoms with van der Waals surface area (Å²) in [6.45, 7) is 0.560. The Labute approximate surface area is 80.6 Å². The molecule has 0 spiro atoms. The Morgan fingerprint density at radius 1 is 1.33 bits per heavy atom. The van der Waals surface area contributed by atoms with E-state index >= 15 is 0 Å². The first-order valence-corrected chi connectivity index (χ1v) is 4.39. The maximum Gasteiger partial charge on any atom is 0.125 e. The maximum atomic E-state index is 5.17. The van der Waals surface area contributed by atoms with E-state index in [0.717, 1.165) is 15.8 Å². The molecule has 0 saturated carbocycles. The van der Waals surface area contributed by atoms with Crippen LogP contribution in [0.1, 0.15) is 5.56 Å². The van der Waals surface area contributed by atoms with Gasteiger partial charge in [0.15, 0.2) is 0 Å². The number of halogens is 1. The predicted molar refractivity (Wildman–Crippen MR) is 51.4 cm³/mol. The van der Waals surface area contributed by atoms with Crippen molar-refractivity contribution in [3.63, 3.8) is 0 Å². The Morgan fingerprint density at radius 2 is 2.08 bits per heavy atom. The van der Waals surface area contributed by atoms with Crippen LogP contribution in [0.2, 0.25) is 0 Å². The van der Waals surface area contributed by atoms with Gasteiger partial charge >= 0.3 is 0 Å². The summed E-state index contributed by atoms with van der Waals surface area (Å²) in [7, 11) is 3.32. The number of hydrogen-bond acceptors (Lipinski definition) is 2. The second-order valence-electron chi connectivity index (χ2n) is 2.35. The highest BCUT2D eigenvalue weighted by molar-refractivity contribution is 9.10. The Balaban J connectivity index is 3.02. The SMILES string of the molecule is COCc1c(Br)cccc1OC. The zero-order valence-electron chi connectivity index (χ0n) is 7.13. The third kappa shape index (κ3) is 1.99. The third-order valence-electron chi connectivity index (χ3n) is 1.58. The Bertz CT molecular complexity index is 261. The van der Waals surface area contributed by atoms with Crippen molar-refractivity contribution in [3.8, 4) is 5.75 Å². The summed E-state index contributed by atoms with van der Waals surface area (Å²) < 4.78 is 11.2. The molecule has 0 aliphatic carbocycles. The molecule has 0 bridgehead atoms. The summed E-state index contributed by atoms with van der Waals surface area (Å²) in [6.07, 6.45) is 0. The second-order valence-corrected chi connectivity index (χ2v) is 3.21. The van der Waals surface area contributed by atoms with Gasteiger partial charge in [-0.25, -0.2) is 0 Å². The molecule has 0 amide bonds. The van der Waals surface area contributed by atoms with Gasteiger partial charge in [-0.2, -0.15) is 0 Å². The zero-order chi connectivity index (χ0) is 8.97. The van der Waals surface area contributed by atoms with Gasteiger partial charge < -0.3 is 9.47 Å². The van der Waals surface area contributed by atoms with Gasteiger partial charge in [0.2, 0.25) is 0 Å². The van der Waals surface area contributed by atoms with Crippen LogP contribution in [-0.2, 0) is 11.3 Å². The van der Waals surface area contributed by atoms with Crippen LogP contribution < -0.4 is 4.74 Å². The molecule has 0 heterocycles. The minimum atomic E-state index is 0.560. The number of methoxy groups -OCH3 is 2. The van der Waals surface area contributed by atoms with Gasteiger partial charge in [0.1, 0.15) is 5.75 Å². The van der Waals surface area contributed by atoms with Crippen molar-refractivity contribution in [1.82, 2.24) is 0 Å². The van der Waals surface area contributed by atoms with E-state index in [1.807, 2.05) is 18.2 Å². The molecule has 0 atom stereocenters. The smallest absolute Gasteiger partial charge is 0.125 e. The maximum absolute atomic E-state index is 5.17. The van der Waals surface area contributed by atoms with Crippen LogP contribution in [0.3, 0.4) is 0 Å². The van der Waals surface area contributed by atoms with Gasteiger partial charge in [-0.1, -0.05) is 22.0 Å². The molecule has 1 aromatic rings. The van der Waals surface area contributed by atoms with Crippen molar-refractivity contribution in [1.29, 1.82) is 0 Å². The molecular weight excluding hydrogens is 220 g/mol. The van der Waals surface area contributed by atoms with Crippen molar-refractivity contribution in [2.24, 2.45) is 0 Å². The van der Waals surface area contributed by atoms with E-state index in [1.54, 1.807) is 14.2 Å². The van der Waals surface area contributed by atoms with Crippen molar-refractivity contribution >= 4 is 15.9 Å². The highest BCUT2D eigenvalue weighted by atomic mass is 79.9. The first-order valence-electron chi connectivity index (χ1n) is 3.60. The first kappa shape index (κ1) is 9.55. The lowest BCUT2D eigenvalue weighted by Crippen LogP contribution is -1.94. The average molecular weight is 231 g/mol. The summed E-state index contributed by atoms with van der Waals surface area (Å²) in [4.78, 5) is 0. The van der Waals surface area contributed by atoms with Gasteiger partial charge in [-0.3, -0.25) is 0 Å². The molecule has 1 rings (SSSR count). The molecule has 0 saturated heterocycles. The fraction of sp³-hybridized carbons (Fsp3) is 0.333. The Morgan fingerprint density at radius 3 is 2.67 bits per heavy atom. The molecule has 0 fully saturated rings. The lowest BCUT2D eigenvalue weighted by atomic mass is 10.2. The standard InChI is InChI=1S/C9H11BrO2/c1-11-6-7-8(10)4-3-5-9(7)12-2/h3-5H,6H2,1-2H3. The lowest BCUT2D eigenvalue weighted by Gasteiger charge is -2.08. The van der Waals surface area contributed by atoms with Crippen molar-refractivity contribution in [2.45, 2.75) is 6.61 Å². The fourth-order valence-electron chi connectivity index (χ4n) is 1.01. The van der Waals surface area contributed by atoms with E-state index in [0.29, 0.717) is 6.61 Å². The molecule has 0 aromatic heterocycles. The van der Waals surface area contributed by atoms with Crippen LogP contribution in [0.15, 0.2) is 22.7 Å². The highest BCUT2D eigenvalue weighted by Gasteiger charge is 2.05. The Kier molecular flexibility index (Phi) is 3.56. The average Bonchev–Trinajstić information content (AvgIpc) is 2.09. The van der Waals surface area contributed by atoms with Crippen LogP contribution in [0, 0.1) is 0 Å². The van der Waals surface area contributed by atoms with Crippen LogP contribution in [-0.4, -0.2) is 14.2 Å². The van der Waals surface area contributed by atoms with E-state index in [9.17, 15) is 0 Å². The number of benzene rings is 1. The van der Waals surface area contributed by atoms with Gasteiger partial charge in [0, 0.05) is 17.1 Å². The molecular formula is C9H11BrO2. The van der Waals surface area contributed by atoms with Gasteiger partial charge in [-0.15, -0.1) is 0 Å². The van der Waals surface area contributed by atoms with Gasteiger partial charge in [-0.05, 0) is 12.1 Å². The van der Waals surface area contributed by atoms with E-state index in [2.05, 4.69) is 15.9 Å². The van der Waals surface area contributed by atoms with Crippen LogP contribution in [0.25, 0.3) is 0 Å². The Hall–Kier alpha value is -0.540. The monoisotopic (exact) mass is 230 g/mol. The summed E-state index contributed by atoms with van der Waals surface area (Å²) >= 11 is 3.43. The number of hydrogen-bond donors (Lipinski definition) is 0. The van der Waals surface area contributed by atoms with E-state index < -0.39 is 0 Å². The summed E-state index contributed by atoms with van der Waals surface area (Å²) in [5, 5.41) is 0. The molecule has 0 radical (unpaired) electrons. The van der Waals surface area contributed by atoms with E-state index in [-0.39, 0.29) is 0 Å². The van der Waals surface area contributed by atoms with Crippen molar-refractivity contribution in [3.05, 3.63) is 28.2 Å². The largest absolute Gasteiger partial charge is 0.496 e. The molecule has 0 N–H and O–H groups in total. The van der Waals surface area contributed by atoms with Crippen molar-refractivity contribution in [2.75, 3.05) is 14.2 Å². The minimum absolute atomic E-state index is 0.560. The second kappa shape index (κ2) is 4.48. The highest BCUT2D eigenvalue weighted by Crippen LogP contribution is 2.26. The summed E-state index contributed by atoms with van der Waals surface area (Å²) in [6, 6.07) is 5.82. The molecule has 12 heavy (non-hydrogen) atoms. The topological polar surface area (TPSA) is 18.5 Å². The normalized spacial score (nSPS) is 9.92. The number of ether oxygens (including phenoxy) is 2. The molecule has 0 aliphatic rings. The van der Waals surface area contributed by atoms with E-state index in [4.69, 9.17) is 9.47 Å². The summed E-state index contributed by atoms with van der Waals surface area (Å²) in [5.41, 5.74) is 1.04. The molecule has 2 nitrogen and oxygen atoms in total. The predicted octanol–water partition coefficient (Wildman–Crippen LogP) is 2.60. The van der Waals surface area contributed by atoms with Crippen LogP contribution in [0.5, 0.6) is 5.75 Å². The van der Waals surface area contributed by atoms with Gasteiger partial charge in [0.25, 0.3) is 0 Å². The van der Waals surface area contributed by atoms with Crippen molar-refractivity contribution < 1.29 is 9.47 Å². The third-order valence-corrected chi connectivity index (χ3v) is 2.33. The van der Waals surface area contributed by atoms with E-state index in [1.165, 1.54) is 0 Å².